The first-order chi connectivity index (χ1) is 3.70. The van der Waals surface area contributed by atoms with Crippen LogP contribution in [0.4, 0.5) is 0 Å². The molecule has 0 saturated carbocycles. The Hall–Kier alpha value is 0.460. The third kappa shape index (κ3) is 1.24. The predicted octanol–water partition coefficient (Wildman–Crippen LogP) is 2.98. The first-order valence-electron chi connectivity index (χ1n) is 1.84. The van der Waals surface area contributed by atoms with E-state index in [1.54, 1.807) is 6.07 Å². The third-order valence-corrected chi connectivity index (χ3v) is 2.95. The first kappa shape index (κ1) is 6.58. The van der Waals surface area contributed by atoms with Gasteiger partial charge in [-0.3, -0.25) is 0 Å². The van der Waals surface area contributed by atoms with Gasteiger partial charge in [0.15, 0.2) is 0 Å². The van der Waals surface area contributed by atoms with Crippen LogP contribution in [0.3, 0.4) is 0 Å². The zero-order chi connectivity index (χ0) is 6.15. The van der Waals surface area contributed by atoms with Gasteiger partial charge in [0.25, 0.3) is 0 Å². The molecule has 1 aromatic heterocycles. The fourth-order valence-corrected chi connectivity index (χ4v) is 2.83. The summed E-state index contributed by atoms with van der Waals surface area (Å²) in [6, 6.07) is 1.65. The largest absolute Gasteiger partial charge is 0.506 e. The molecule has 0 radical (unpaired) electrons. The van der Waals surface area contributed by atoms with Crippen LogP contribution < -0.4 is 0 Å². The van der Waals surface area contributed by atoms with Crippen molar-refractivity contribution in [1.82, 2.24) is 0 Å². The van der Waals surface area contributed by atoms with Crippen LogP contribution in [0.15, 0.2) is 13.6 Å². The molecule has 1 heterocycles. The standard InChI is InChI=1S/C4H2Br2OS/c5-3-1-2(7)4(6)8-3/h1,7H. The smallest absolute Gasteiger partial charge is 0.141 e. The summed E-state index contributed by atoms with van der Waals surface area (Å²) >= 11 is 7.82. The van der Waals surface area contributed by atoms with E-state index >= 15 is 0 Å². The fraction of sp³-hybridized carbons (Fsp3) is 0. The maximum atomic E-state index is 8.87. The second-order valence-corrected chi connectivity index (χ2v) is 4.96. The minimum atomic E-state index is 0.293. The Morgan fingerprint density at radius 1 is 1.50 bits per heavy atom. The SMILES string of the molecule is Oc1cc(Br)sc1Br. The molecule has 8 heavy (non-hydrogen) atoms. The van der Waals surface area contributed by atoms with Crippen molar-refractivity contribution in [3.8, 4) is 5.75 Å². The first-order valence-corrected chi connectivity index (χ1v) is 4.24. The van der Waals surface area contributed by atoms with E-state index in [0.29, 0.717) is 5.75 Å². The van der Waals surface area contributed by atoms with Crippen LogP contribution in [0.1, 0.15) is 0 Å². The molecule has 0 fully saturated rings. The van der Waals surface area contributed by atoms with Gasteiger partial charge in [0.1, 0.15) is 9.54 Å². The molecule has 0 atom stereocenters. The van der Waals surface area contributed by atoms with Crippen molar-refractivity contribution >= 4 is 43.2 Å². The summed E-state index contributed by atoms with van der Waals surface area (Å²) in [5.41, 5.74) is 0. The monoisotopic (exact) mass is 256 g/mol. The minimum Gasteiger partial charge on any atom is -0.506 e. The van der Waals surface area contributed by atoms with Crippen molar-refractivity contribution in [3.05, 3.63) is 13.6 Å². The van der Waals surface area contributed by atoms with Crippen LogP contribution >= 0.6 is 43.2 Å². The Balaban J connectivity index is 3.14. The minimum absolute atomic E-state index is 0.293. The molecule has 1 N–H and O–H groups in total. The van der Waals surface area contributed by atoms with E-state index in [2.05, 4.69) is 31.9 Å². The second-order valence-electron chi connectivity index (χ2n) is 1.21. The van der Waals surface area contributed by atoms with Gasteiger partial charge in [-0.05, 0) is 31.9 Å². The lowest BCUT2D eigenvalue weighted by Crippen LogP contribution is -1.47. The van der Waals surface area contributed by atoms with E-state index in [4.69, 9.17) is 5.11 Å². The van der Waals surface area contributed by atoms with E-state index in [0.717, 1.165) is 7.57 Å². The van der Waals surface area contributed by atoms with Gasteiger partial charge in [-0.25, -0.2) is 0 Å². The molecular formula is C4H2Br2OS. The number of hydrogen-bond donors (Lipinski definition) is 1. The number of rotatable bonds is 0. The highest BCUT2D eigenvalue weighted by atomic mass is 79.9. The number of aromatic hydroxyl groups is 1. The lowest BCUT2D eigenvalue weighted by atomic mass is 10.6. The summed E-state index contributed by atoms with van der Waals surface area (Å²) in [5.74, 6) is 0.293. The van der Waals surface area contributed by atoms with E-state index in [9.17, 15) is 0 Å². The lowest BCUT2D eigenvalue weighted by molar-refractivity contribution is 0.475. The van der Waals surface area contributed by atoms with Crippen molar-refractivity contribution in [2.45, 2.75) is 0 Å². The zero-order valence-corrected chi connectivity index (χ0v) is 7.68. The quantitative estimate of drug-likeness (QED) is 0.758. The molecule has 4 heteroatoms. The molecule has 0 spiro atoms. The molecule has 0 aliphatic carbocycles. The van der Waals surface area contributed by atoms with Gasteiger partial charge in [-0.15, -0.1) is 11.3 Å². The van der Waals surface area contributed by atoms with E-state index in [-0.39, 0.29) is 0 Å². The van der Waals surface area contributed by atoms with Gasteiger partial charge in [-0.1, -0.05) is 0 Å². The van der Waals surface area contributed by atoms with Crippen LogP contribution in [-0.2, 0) is 0 Å². The molecule has 0 saturated heterocycles. The highest BCUT2D eigenvalue weighted by molar-refractivity contribution is 9.12. The van der Waals surface area contributed by atoms with Crippen molar-refractivity contribution in [3.63, 3.8) is 0 Å². The molecule has 0 aliphatic rings. The highest BCUT2D eigenvalue weighted by Crippen LogP contribution is 2.36. The van der Waals surface area contributed by atoms with Crippen LogP contribution in [0, 0.1) is 0 Å². The molecule has 1 nitrogen and oxygen atoms in total. The maximum Gasteiger partial charge on any atom is 0.141 e. The molecule has 0 bridgehead atoms. The predicted molar refractivity (Wildman–Crippen MR) is 41.4 cm³/mol. The molecule has 1 aromatic rings. The summed E-state index contributed by atoms with van der Waals surface area (Å²) < 4.78 is 1.70. The van der Waals surface area contributed by atoms with Crippen LogP contribution in [0.2, 0.25) is 0 Å². The average molecular weight is 258 g/mol. The summed E-state index contributed by atoms with van der Waals surface area (Å²) in [6.07, 6.45) is 0. The molecule has 0 unspecified atom stereocenters. The van der Waals surface area contributed by atoms with Crippen LogP contribution in [0.5, 0.6) is 5.75 Å². The van der Waals surface area contributed by atoms with Gasteiger partial charge < -0.3 is 5.11 Å². The Labute approximate surface area is 67.6 Å². The summed E-state index contributed by atoms with van der Waals surface area (Å²) in [6.45, 7) is 0. The normalized spacial score (nSPS) is 9.75. The van der Waals surface area contributed by atoms with E-state index in [1.807, 2.05) is 0 Å². The van der Waals surface area contributed by atoms with Gasteiger partial charge in [0, 0.05) is 6.07 Å². The number of halogens is 2. The topological polar surface area (TPSA) is 20.2 Å². The van der Waals surface area contributed by atoms with Gasteiger partial charge in [-0.2, -0.15) is 0 Å². The van der Waals surface area contributed by atoms with Crippen molar-refractivity contribution in [2.75, 3.05) is 0 Å². The van der Waals surface area contributed by atoms with Crippen molar-refractivity contribution in [1.29, 1.82) is 0 Å². The van der Waals surface area contributed by atoms with Gasteiger partial charge in [0.05, 0.1) is 3.79 Å². The van der Waals surface area contributed by atoms with Crippen LogP contribution in [0.25, 0.3) is 0 Å². The maximum absolute atomic E-state index is 8.87. The third-order valence-electron chi connectivity index (χ3n) is 0.639. The molecule has 0 amide bonds. The van der Waals surface area contributed by atoms with Crippen molar-refractivity contribution < 1.29 is 5.11 Å². The van der Waals surface area contributed by atoms with E-state index in [1.165, 1.54) is 11.3 Å². The molecule has 0 aliphatic heterocycles. The summed E-state index contributed by atoms with van der Waals surface area (Å²) in [7, 11) is 0. The van der Waals surface area contributed by atoms with Crippen LogP contribution in [-0.4, -0.2) is 5.11 Å². The molecular weight excluding hydrogens is 256 g/mol. The summed E-state index contributed by atoms with van der Waals surface area (Å²) in [5, 5.41) is 8.87. The Kier molecular flexibility index (Phi) is 1.95. The number of thiophene rings is 1. The van der Waals surface area contributed by atoms with Gasteiger partial charge in [0.2, 0.25) is 0 Å². The second kappa shape index (κ2) is 2.37. The molecule has 44 valence electrons. The lowest BCUT2D eigenvalue weighted by Gasteiger charge is -1.77. The zero-order valence-electron chi connectivity index (χ0n) is 3.69. The van der Waals surface area contributed by atoms with Crippen molar-refractivity contribution in [2.24, 2.45) is 0 Å². The Bertz CT molecular complexity index is 176. The average Bonchev–Trinajstić information content (AvgIpc) is 1.85. The number of hydrogen-bond acceptors (Lipinski definition) is 2. The molecule has 1 rings (SSSR count). The summed E-state index contributed by atoms with van der Waals surface area (Å²) in [4.78, 5) is 0. The highest BCUT2D eigenvalue weighted by Gasteiger charge is 2.00. The van der Waals surface area contributed by atoms with E-state index < -0.39 is 0 Å². The van der Waals surface area contributed by atoms with Gasteiger partial charge >= 0.3 is 0 Å². The molecule has 0 aromatic carbocycles. The fourth-order valence-electron chi connectivity index (χ4n) is 0.332. The Morgan fingerprint density at radius 2 is 2.12 bits per heavy atom. The Morgan fingerprint density at radius 3 is 2.25 bits per heavy atom.